The standard InChI is InChI=1S/C20H19N5S/c1-13-8-4-5-9-15(13)19-23-24-20(25(19)3)26-12-18-14(2)21-16-10-6-7-11-17(16)22-18/h4-11H,12H2,1-3H3. The first-order chi connectivity index (χ1) is 12.6. The van der Waals surface area contributed by atoms with E-state index in [2.05, 4.69) is 34.2 Å². The Bertz CT molecular complexity index is 1090. The van der Waals surface area contributed by atoms with Crippen molar-refractivity contribution in [3.05, 3.63) is 65.5 Å². The van der Waals surface area contributed by atoms with E-state index < -0.39 is 0 Å². The van der Waals surface area contributed by atoms with Gasteiger partial charge >= 0.3 is 0 Å². The van der Waals surface area contributed by atoms with Crippen LogP contribution >= 0.6 is 11.8 Å². The fraction of sp³-hybridized carbons (Fsp3) is 0.200. The normalized spacial score (nSPS) is 11.2. The minimum absolute atomic E-state index is 0.712. The zero-order chi connectivity index (χ0) is 18.1. The molecule has 0 fully saturated rings. The smallest absolute Gasteiger partial charge is 0.191 e. The first-order valence-electron chi connectivity index (χ1n) is 8.44. The van der Waals surface area contributed by atoms with Crippen LogP contribution in [0.3, 0.4) is 0 Å². The second kappa shape index (κ2) is 6.88. The molecule has 0 saturated heterocycles. The summed E-state index contributed by atoms with van der Waals surface area (Å²) < 4.78 is 2.04. The van der Waals surface area contributed by atoms with Crippen LogP contribution in [0, 0.1) is 13.8 Å². The van der Waals surface area contributed by atoms with Crippen molar-refractivity contribution in [1.82, 2.24) is 24.7 Å². The Kier molecular flexibility index (Phi) is 4.42. The summed E-state index contributed by atoms with van der Waals surface area (Å²) in [6, 6.07) is 16.2. The number of rotatable bonds is 4. The fourth-order valence-corrected chi connectivity index (χ4v) is 3.81. The lowest BCUT2D eigenvalue weighted by Crippen LogP contribution is -1.99. The highest BCUT2D eigenvalue weighted by molar-refractivity contribution is 7.98. The van der Waals surface area contributed by atoms with Crippen LogP contribution in [0.1, 0.15) is 17.0 Å². The summed E-state index contributed by atoms with van der Waals surface area (Å²) in [6.07, 6.45) is 0. The van der Waals surface area contributed by atoms with Gasteiger partial charge in [0.2, 0.25) is 0 Å². The van der Waals surface area contributed by atoms with Crippen LogP contribution in [0.5, 0.6) is 0 Å². The molecule has 6 heteroatoms. The molecule has 0 aliphatic rings. The summed E-state index contributed by atoms with van der Waals surface area (Å²) in [5, 5.41) is 9.63. The molecule has 0 amide bonds. The molecule has 0 aliphatic carbocycles. The highest BCUT2D eigenvalue weighted by atomic mass is 32.2. The number of para-hydroxylation sites is 2. The fourth-order valence-electron chi connectivity index (χ4n) is 2.89. The Morgan fingerprint density at radius 2 is 1.58 bits per heavy atom. The van der Waals surface area contributed by atoms with Crippen molar-refractivity contribution in [2.24, 2.45) is 7.05 Å². The quantitative estimate of drug-likeness (QED) is 0.506. The number of nitrogens with zero attached hydrogens (tertiary/aromatic N) is 5. The minimum atomic E-state index is 0.712. The van der Waals surface area contributed by atoms with Gasteiger partial charge in [0.05, 0.1) is 22.4 Å². The van der Waals surface area contributed by atoms with E-state index in [-0.39, 0.29) is 0 Å². The number of thioether (sulfide) groups is 1. The Balaban J connectivity index is 1.60. The van der Waals surface area contributed by atoms with Gasteiger partial charge in [0.15, 0.2) is 11.0 Å². The molecule has 4 rings (SSSR count). The van der Waals surface area contributed by atoms with Crippen LogP contribution in [0.25, 0.3) is 22.4 Å². The third-order valence-electron chi connectivity index (χ3n) is 4.40. The molecule has 5 nitrogen and oxygen atoms in total. The lowest BCUT2D eigenvalue weighted by atomic mass is 10.1. The van der Waals surface area contributed by atoms with Gasteiger partial charge in [-0.2, -0.15) is 0 Å². The molecule has 2 heterocycles. The van der Waals surface area contributed by atoms with E-state index >= 15 is 0 Å². The van der Waals surface area contributed by atoms with Crippen LogP contribution in [0.4, 0.5) is 0 Å². The van der Waals surface area contributed by atoms with E-state index in [1.165, 1.54) is 5.56 Å². The van der Waals surface area contributed by atoms with Crippen molar-refractivity contribution < 1.29 is 0 Å². The monoisotopic (exact) mass is 361 g/mol. The second-order valence-electron chi connectivity index (χ2n) is 6.21. The summed E-state index contributed by atoms with van der Waals surface area (Å²) in [7, 11) is 2.00. The van der Waals surface area contributed by atoms with Crippen molar-refractivity contribution in [2.75, 3.05) is 0 Å². The third kappa shape index (κ3) is 3.08. The van der Waals surface area contributed by atoms with Crippen molar-refractivity contribution >= 4 is 22.8 Å². The maximum atomic E-state index is 4.76. The van der Waals surface area contributed by atoms with Gasteiger partial charge in [0, 0.05) is 18.4 Å². The first-order valence-corrected chi connectivity index (χ1v) is 9.42. The van der Waals surface area contributed by atoms with Gasteiger partial charge in [-0.15, -0.1) is 10.2 Å². The van der Waals surface area contributed by atoms with Gasteiger partial charge in [0.1, 0.15) is 0 Å². The number of hydrogen-bond acceptors (Lipinski definition) is 5. The average Bonchev–Trinajstić information content (AvgIpc) is 3.01. The molecule has 0 N–H and O–H groups in total. The molecule has 2 aromatic heterocycles. The molecule has 0 aliphatic heterocycles. The van der Waals surface area contributed by atoms with E-state index in [1.807, 2.05) is 54.9 Å². The lowest BCUT2D eigenvalue weighted by Gasteiger charge is -2.07. The van der Waals surface area contributed by atoms with Crippen LogP contribution in [-0.4, -0.2) is 24.7 Å². The summed E-state index contributed by atoms with van der Waals surface area (Å²) in [5.74, 6) is 1.59. The minimum Gasteiger partial charge on any atom is -0.305 e. The van der Waals surface area contributed by atoms with Crippen LogP contribution in [0.2, 0.25) is 0 Å². The zero-order valence-electron chi connectivity index (χ0n) is 15.0. The Morgan fingerprint density at radius 1 is 0.885 bits per heavy atom. The van der Waals surface area contributed by atoms with E-state index in [1.54, 1.807) is 11.8 Å². The van der Waals surface area contributed by atoms with Crippen molar-refractivity contribution in [3.63, 3.8) is 0 Å². The molecular formula is C20H19N5S. The number of fused-ring (bicyclic) bond motifs is 1. The molecule has 0 saturated carbocycles. The number of aromatic nitrogens is 5. The van der Waals surface area contributed by atoms with Crippen molar-refractivity contribution in [2.45, 2.75) is 24.8 Å². The van der Waals surface area contributed by atoms with Crippen LogP contribution in [0.15, 0.2) is 53.7 Å². The lowest BCUT2D eigenvalue weighted by molar-refractivity contribution is 0.793. The SMILES string of the molecule is Cc1ccccc1-c1nnc(SCc2nc3ccccc3nc2C)n1C. The number of hydrogen-bond donors (Lipinski definition) is 0. The Labute approximate surface area is 156 Å². The molecule has 0 unspecified atom stereocenters. The number of aryl methyl sites for hydroxylation is 2. The topological polar surface area (TPSA) is 56.5 Å². The molecule has 130 valence electrons. The largest absolute Gasteiger partial charge is 0.305 e. The summed E-state index contributed by atoms with van der Waals surface area (Å²) in [6.45, 7) is 4.09. The van der Waals surface area contributed by atoms with E-state index in [9.17, 15) is 0 Å². The van der Waals surface area contributed by atoms with E-state index in [4.69, 9.17) is 4.98 Å². The molecule has 26 heavy (non-hydrogen) atoms. The van der Waals surface area contributed by atoms with Crippen molar-refractivity contribution in [3.8, 4) is 11.4 Å². The maximum Gasteiger partial charge on any atom is 0.191 e. The van der Waals surface area contributed by atoms with E-state index in [0.29, 0.717) is 5.75 Å². The molecule has 0 atom stereocenters. The highest BCUT2D eigenvalue weighted by Crippen LogP contribution is 2.27. The Hall–Kier alpha value is -2.73. The molecule has 2 aromatic carbocycles. The molecule has 0 bridgehead atoms. The second-order valence-corrected chi connectivity index (χ2v) is 7.16. The molecule has 0 spiro atoms. The van der Waals surface area contributed by atoms with Crippen LogP contribution in [-0.2, 0) is 12.8 Å². The number of benzene rings is 2. The van der Waals surface area contributed by atoms with Gasteiger partial charge in [-0.1, -0.05) is 48.2 Å². The maximum absolute atomic E-state index is 4.76. The average molecular weight is 361 g/mol. The van der Waals surface area contributed by atoms with Gasteiger partial charge in [-0.3, -0.25) is 0 Å². The summed E-state index contributed by atoms with van der Waals surface area (Å²) >= 11 is 1.63. The van der Waals surface area contributed by atoms with E-state index in [0.717, 1.165) is 39.0 Å². The molecule has 4 aromatic rings. The third-order valence-corrected chi connectivity index (χ3v) is 5.43. The molecular weight excluding hydrogens is 342 g/mol. The predicted octanol–water partition coefficient (Wildman–Crippen LogP) is 4.33. The summed E-state index contributed by atoms with van der Waals surface area (Å²) in [5.41, 5.74) is 6.09. The first kappa shape index (κ1) is 16.7. The van der Waals surface area contributed by atoms with Gasteiger partial charge in [-0.25, -0.2) is 9.97 Å². The highest BCUT2D eigenvalue weighted by Gasteiger charge is 2.14. The zero-order valence-corrected chi connectivity index (χ0v) is 15.8. The van der Waals surface area contributed by atoms with Gasteiger partial charge < -0.3 is 4.57 Å². The summed E-state index contributed by atoms with van der Waals surface area (Å²) in [4.78, 5) is 9.41. The predicted molar refractivity (Wildman–Crippen MR) is 105 cm³/mol. The Morgan fingerprint density at radius 3 is 2.35 bits per heavy atom. The van der Waals surface area contributed by atoms with Crippen molar-refractivity contribution in [1.29, 1.82) is 0 Å². The van der Waals surface area contributed by atoms with Gasteiger partial charge in [-0.05, 0) is 31.5 Å². The van der Waals surface area contributed by atoms with Crippen LogP contribution < -0.4 is 0 Å². The van der Waals surface area contributed by atoms with Gasteiger partial charge in [0.25, 0.3) is 0 Å². The molecule has 0 radical (unpaired) electrons.